The third-order valence-electron chi connectivity index (χ3n) is 3.79. The van der Waals surface area contributed by atoms with Crippen LogP contribution in [0.2, 0.25) is 0 Å². The van der Waals surface area contributed by atoms with Crippen LogP contribution in [0.25, 0.3) is 0 Å². The van der Waals surface area contributed by atoms with E-state index in [0.717, 1.165) is 29.1 Å². The summed E-state index contributed by atoms with van der Waals surface area (Å²) in [5, 5.41) is 11.0. The highest BCUT2D eigenvalue weighted by Crippen LogP contribution is 2.34. The van der Waals surface area contributed by atoms with E-state index in [1.807, 2.05) is 17.7 Å². The number of amides is 2. The molecule has 2 heterocycles. The lowest BCUT2D eigenvalue weighted by atomic mass is 9.91. The van der Waals surface area contributed by atoms with E-state index in [2.05, 4.69) is 22.5 Å². The van der Waals surface area contributed by atoms with Crippen LogP contribution in [0.5, 0.6) is 0 Å². The van der Waals surface area contributed by atoms with Gasteiger partial charge in [-0.15, -0.1) is 22.7 Å². The van der Waals surface area contributed by atoms with Gasteiger partial charge in [0.2, 0.25) is 0 Å². The monoisotopic (exact) mass is 321 g/mol. The Morgan fingerprint density at radius 3 is 3.05 bits per heavy atom. The van der Waals surface area contributed by atoms with Gasteiger partial charge in [-0.1, -0.05) is 0 Å². The van der Waals surface area contributed by atoms with Gasteiger partial charge in [0.15, 0.2) is 0 Å². The fraction of sp³-hybridized carbons (Fsp3) is 0.467. The van der Waals surface area contributed by atoms with Crippen LogP contribution >= 0.6 is 22.7 Å². The molecule has 0 spiro atoms. The van der Waals surface area contributed by atoms with E-state index < -0.39 is 0 Å². The zero-order chi connectivity index (χ0) is 14.8. The summed E-state index contributed by atoms with van der Waals surface area (Å²) in [6, 6.07) is -0.129. The molecule has 0 saturated heterocycles. The van der Waals surface area contributed by atoms with Gasteiger partial charge >= 0.3 is 6.03 Å². The Balaban J connectivity index is 1.58. The van der Waals surface area contributed by atoms with Crippen molar-refractivity contribution in [2.45, 2.75) is 39.0 Å². The van der Waals surface area contributed by atoms with Crippen molar-refractivity contribution in [2.24, 2.45) is 0 Å². The number of hydrogen-bond acceptors (Lipinski definition) is 4. The molecule has 0 aromatic carbocycles. The first-order chi connectivity index (χ1) is 10.1. The molecule has 0 saturated carbocycles. The van der Waals surface area contributed by atoms with Crippen molar-refractivity contribution >= 4 is 34.4 Å². The summed E-state index contributed by atoms with van der Waals surface area (Å²) in [6.07, 6.45) is 3.43. The summed E-state index contributed by atoms with van der Waals surface area (Å²) in [4.78, 5) is 18.0. The van der Waals surface area contributed by atoms with Gasteiger partial charge in [-0.2, -0.15) is 0 Å². The second-order valence-electron chi connectivity index (χ2n) is 5.43. The third-order valence-corrected chi connectivity index (χ3v) is 5.70. The second kappa shape index (κ2) is 6.15. The Hall–Kier alpha value is -1.40. The molecular formula is C15H19N3OS2. The summed E-state index contributed by atoms with van der Waals surface area (Å²) in [7, 11) is 0. The van der Waals surface area contributed by atoms with Crippen LogP contribution < -0.4 is 10.6 Å². The number of aryl methyl sites for hydroxylation is 3. The van der Waals surface area contributed by atoms with Crippen LogP contribution in [0.3, 0.4) is 0 Å². The van der Waals surface area contributed by atoms with Crippen LogP contribution in [0, 0.1) is 13.8 Å². The van der Waals surface area contributed by atoms with E-state index in [0.29, 0.717) is 12.5 Å². The summed E-state index contributed by atoms with van der Waals surface area (Å²) in [6.45, 7) is 4.71. The SMILES string of the molecule is Cc1nc2c(s1)CCC[C@@H]2CNC(=O)Nc1cscc1C. The van der Waals surface area contributed by atoms with Crippen molar-refractivity contribution in [3.8, 4) is 0 Å². The zero-order valence-corrected chi connectivity index (χ0v) is 13.9. The Morgan fingerprint density at radius 2 is 2.29 bits per heavy atom. The molecule has 0 fully saturated rings. The second-order valence-corrected chi connectivity index (χ2v) is 7.47. The largest absolute Gasteiger partial charge is 0.337 e. The predicted molar refractivity (Wildman–Crippen MR) is 88.6 cm³/mol. The summed E-state index contributed by atoms with van der Waals surface area (Å²) in [5.41, 5.74) is 3.20. The Morgan fingerprint density at radius 1 is 1.43 bits per heavy atom. The van der Waals surface area contributed by atoms with Crippen molar-refractivity contribution in [3.63, 3.8) is 0 Å². The normalized spacial score (nSPS) is 17.3. The van der Waals surface area contributed by atoms with Crippen LogP contribution in [0.15, 0.2) is 10.8 Å². The molecule has 0 unspecified atom stereocenters. The molecule has 2 aromatic rings. The van der Waals surface area contributed by atoms with Crippen LogP contribution in [0.1, 0.15) is 39.9 Å². The van der Waals surface area contributed by atoms with Crippen molar-refractivity contribution in [1.82, 2.24) is 10.3 Å². The van der Waals surface area contributed by atoms with Gasteiger partial charge in [-0.3, -0.25) is 0 Å². The van der Waals surface area contributed by atoms with Crippen LogP contribution in [-0.2, 0) is 6.42 Å². The molecule has 0 bridgehead atoms. The number of anilines is 1. The Kier molecular flexibility index (Phi) is 4.26. The van der Waals surface area contributed by atoms with Crippen LogP contribution in [0.4, 0.5) is 10.5 Å². The highest BCUT2D eigenvalue weighted by molar-refractivity contribution is 7.11. The molecule has 2 N–H and O–H groups in total. The molecule has 1 aliphatic rings. The van der Waals surface area contributed by atoms with Gasteiger partial charge in [-0.25, -0.2) is 9.78 Å². The average molecular weight is 321 g/mol. The van der Waals surface area contributed by atoms with Crippen molar-refractivity contribution in [3.05, 3.63) is 31.9 Å². The molecule has 2 aromatic heterocycles. The number of rotatable bonds is 3. The number of aromatic nitrogens is 1. The van der Waals surface area contributed by atoms with Gasteiger partial charge in [0.25, 0.3) is 0 Å². The molecule has 1 aliphatic carbocycles. The topological polar surface area (TPSA) is 54.0 Å². The van der Waals surface area contributed by atoms with Crippen molar-refractivity contribution < 1.29 is 4.79 Å². The maximum atomic E-state index is 12.0. The molecule has 4 nitrogen and oxygen atoms in total. The van der Waals surface area contributed by atoms with Crippen molar-refractivity contribution in [2.75, 3.05) is 11.9 Å². The molecule has 0 aliphatic heterocycles. The average Bonchev–Trinajstić information content (AvgIpc) is 3.02. The standard InChI is InChI=1S/C15H19N3OS2/c1-9-7-20-8-12(9)18-15(19)16-6-11-4-3-5-13-14(11)17-10(2)21-13/h7-8,11H,3-6H2,1-2H3,(H2,16,18,19)/t11-/m1/s1. The fourth-order valence-corrected chi connectivity index (χ4v) is 4.54. The molecule has 1 atom stereocenters. The number of hydrogen-bond donors (Lipinski definition) is 2. The number of thiazole rings is 1. The molecule has 21 heavy (non-hydrogen) atoms. The first-order valence-corrected chi connectivity index (χ1v) is 8.93. The first kappa shape index (κ1) is 14.5. The predicted octanol–water partition coefficient (Wildman–Crippen LogP) is 4.06. The third kappa shape index (κ3) is 3.27. The van der Waals surface area contributed by atoms with Gasteiger partial charge in [0, 0.05) is 22.7 Å². The minimum Gasteiger partial charge on any atom is -0.337 e. The number of nitrogens with one attached hydrogen (secondary N) is 2. The number of urea groups is 1. The van der Waals surface area contributed by atoms with Crippen molar-refractivity contribution in [1.29, 1.82) is 0 Å². The number of carbonyl (C=O) groups excluding carboxylic acids is 1. The lowest BCUT2D eigenvalue weighted by molar-refractivity contribution is 0.251. The van der Waals surface area contributed by atoms with Gasteiger partial charge < -0.3 is 10.6 Å². The van der Waals surface area contributed by atoms with E-state index in [1.54, 1.807) is 22.7 Å². The van der Waals surface area contributed by atoms with Gasteiger partial charge in [0.1, 0.15) is 0 Å². The van der Waals surface area contributed by atoms with E-state index in [1.165, 1.54) is 17.0 Å². The maximum Gasteiger partial charge on any atom is 0.319 e. The fourth-order valence-electron chi connectivity index (χ4n) is 2.70. The lowest BCUT2D eigenvalue weighted by Crippen LogP contribution is -2.33. The number of thiophene rings is 1. The van der Waals surface area contributed by atoms with E-state index in [-0.39, 0.29) is 6.03 Å². The summed E-state index contributed by atoms with van der Waals surface area (Å²) >= 11 is 3.39. The molecule has 6 heteroatoms. The molecule has 0 radical (unpaired) electrons. The molecule has 112 valence electrons. The smallest absolute Gasteiger partial charge is 0.319 e. The van der Waals surface area contributed by atoms with E-state index >= 15 is 0 Å². The molecule has 3 rings (SSSR count). The van der Waals surface area contributed by atoms with E-state index in [4.69, 9.17) is 0 Å². The highest BCUT2D eigenvalue weighted by atomic mass is 32.1. The minimum absolute atomic E-state index is 0.129. The summed E-state index contributed by atoms with van der Waals surface area (Å²) < 4.78 is 0. The maximum absolute atomic E-state index is 12.0. The number of carbonyl (C=O) groups is 1. The van der Waals surface area contributed by atoms with Crippen LogP contribution in [-0.4, -0.2) is 17.6 Å². The van der Waals surface area contributed by atoms with E-state index in [9.17, 15) is 4.79 Å². The quantitative estimate of drug-likeness (QED) is 0.895. The summed E-state index contributed by atoms with van der Waals surface area (Å²) in [5.74, 6) is 0.355. The number of fused-ring (bicyclic) bond motifs is 1. The molecular weight excluding hydrogens is 302 g/mol. The molecule has 2 amide bonds. The van der Waals surface area contributed by atoms with Gasteiger partial charge in [0.05, 0.1) is 16.4 Å². The Bertz CT molecular complexity index is 647. The highest BCUT2D eigenvalue weighted by Gasteiger charge is 2.24. The van der Waals surface area contributed by atoms with Gasteiger partial charge in [-0.05, 0) is 44.1 Å². The number of nitrogens with zero attached hydrogens (tertiary/aromatic N) is 1. The minimum atomic E-state index is -0.129. The first-order valence-electron chi connectivity index (χ1n) is 7.17. The zero-order valence-electron chi connectivity index (χ0n) is 12.2. The lowest BCUT2D eigenvalue weighted by Gasteiger charge is -2.21. The Labute approximate surface area is 132 Å².